The topological polar surface area (TPSA) is 52.6 Å². The van der Waals surface area contributed by atoms with Gasteiger partial charge in [0.15, 0.2) is 0 Å². The Labute approximate surface area is 136 Å². The molecule has 0 rings (SSSR count). The maximum Gasteiger partial charge on any atom is 0.302 e. The van der Waals surface area contributed by atoms with Gasteiger partial charge in [0.2, 0.25) is 0 Å². The molecule has 0 aliphatic rings. The molecule has 0 N–H and O–H groups in total. The smallest absolute Gasteiger partial charge is 0.302 e. The second-order valence-electron chi connectivity index (χ2n) is 7.12. The lowest BCUT2D eigenvalue weighted by Gasteiger charge is -2.23. The highest BCUT2D eigenvalue weighted by atomic mass is 16.5. The van der Waals surface area contributed by atoms with E-state index in [1.54, 1.807) is 0 Å². The number of ether oxygens (including phenoxy) is 2. The monoisotopic (exact) mass is 316 g/mol. The van der Waals surface area contributed by atoms with Crippen LogP contribution in [0.3, 0.4) is 0 Å². The van der Waals surface area contributed by atoms with Crippen LogP contribution in [0.25, 0.3) is 0 Å². The van der Waals surface area contributed by atoms with Gasteiger partial charge in [0.1, 0.15) is 12.2 Å². The Morgan fingerprint density at radius 2 is 0.727 bits per heavy atom. The van der Waals surface area contributed by atoms with Crippen LogP contribution < -0.4 is 0 Å². The van der Waals surface area contributed by atoms with E-state index in [1.165, 1.54) is 13.8 Å². The Bertz CT molecular complexity index is 271. The normalized spacial score (nSPS) is 11.3. The van der Waals surface area contributed by atoms with Crippen LogP contribution in [0.1, 0.15) is 69.2 Å². The van der Waals surface area contributed by atoms with Crippen LogP contribution in [-0.2, 0) is 19.1 Å². The third-order valence-corrected chi connectivity index (χ3v) is 3.23. The van der Waals surface area contributed by atoms with Crippen molar-refractivity contribution < 1.29 is 19.1 Å². The first-order chi connectivity index (χ1) is 9.89. The summed E-state index contributed by atoms with van der Waals surface area (Å²) < 4.78 is 10.3. The molecule has 0 saturated heterocycles. The van der Waals surface area contributed by atoms with Gasteiger partial charge in [-0.25, -0.2) is 0 Å². The van der Waals surface area contributed by atoms with Gasteiger partial charge < -0.3 is 9.47 Å². The van der Waals surface area contributed by atoms with Gasteiger partial charge in [0.25, 0.3) is 0 Å². The molecule has 0 aromatic heterocycles. The van der Waals surface area contributed by atoms with E-state index in [-0.39, 0.29) is 24.1 Å². The van der Waals surface area contributed by atoms with Gasteiger partial charge in [0, 0.05) is 13.8 Å². The molecule has 0 unspecified atom stereocenters. The molecule has 0 aliphatic heterocycles. The van der Waals surface area contributed by atoms with E-state index in [2.05, 4.69) is 55.4 Å². The van der Waals surface area contributed by atoms with Crippen LogP contribution in [0.2, 0.25) is 0 Å². The summed E-state index contributed by atoms with van der Waals surface area (Å²) in [6, 6.07) is 0. The number of carbonyl (C=O) groups is 2. The van der Waals surface area contributed by atoms with E-state index in [0.717, 1.165) is 0 Å². The first kappa shape index (κ1) is 23.2. The molecule has 0 radical (unpaired) electrons. The van der Waals surface area contributed by atoms with Crippen molar-refractivity contribution >= 4 is 11.9 Å². The molecule has 4 heteroatoms. The fourth-order valence-electron chi connectivity index (χ4n) is 2.47. The van der Waals surface area contributed by atoms with Gasteiger partial charge in [0.05, 0.1) is 0 Å². The lowest BCUT2D eigenvalue weighted by molar-refractivity contribution is -0.152. The van der Waals surface area contributed by atoms with Crippen molar-refractivity contribution in [3.8, 4) is 0 Å². The fraction of sp³-hybridized carbons (Fsp3) is 0.889. The third-order valence-electron chi connectivity index (χ3n) is 3.23. The highest BCUT2D eigenvalue weighted by Crippen LogP contribution is 2.16. The predicted molar refractivity (Wildman–Crippen MR) is 90.5 cm³/mol. The zero-order valence-corrected chi connectivity index (χ0v) is 16.1. The van der Waals surface area contributed by atoms with E-state index in [4.69, 9.17) is 9.47 Å². The first-order valence-corrected chi connectivity index (χ1v) is 8.24. The molecule has 0 aliphatic carbocycles. The van der Waals surface area contributed by atoms with Crippen molar-refractivity contribution in [2.24, 2.45) is 23.7 Å². The van der Waals surface area contributed by atoms with Crippen molar-refractivity contribution in [3.63, 3.8) is 0 Å². The molecular formula is C18H36O4. The minimum absolute atomic E-state index is 0.0625. The summed E-state index contributed by atoms with van der Waals surface area (Å²) in [7, 11) is 0. The summed E-state index contributed by atoms with van der Waals surface area (Å²) >= 11 is 0. The summed E-state index contributed by atoms with van der Waals surface area (Å²) in [5.74, 6) is 1.24. The largest absolute Gasteiger partial charge is 0.462 e. The lowest BCUT2D eigenvalue weighted by atomic mass is 9.96. The zero-order valence-electron chi connectivity index (χ0n) is 16.1. The van der Waals surface area contributed by atoms with Crippen molar-refractivity contribution in [2.75, 3.05) is 0 Å². The number of rotatable bonds is 6. The minimum Gasteiger partial charge on any atom is -0.462 e. The summed E-state index contributed by atoms with van der Waals surface area (Å²) in [5.41, 5.74) is 0. The number of carbonyl (C=O) groups excluding carboxylic acids is 2. The Morgan fingerprint density at radius 3 is 0.773 bits per heavy atom. The average Bonchev–Trinajstić information content (AvgIpc) is 2.32. The Balaban J connectivity index is 0. The highest BCUT2D eigenvalue weighted by molar-refractivity contribution is 5.66. The third kappa shape index (κ3) is 11.6. The molecule has 22 heavy (non-hydrogen) atoms. The number of esters is 2. The summed E-state index contributed by atoms with van der Waals surface area (Å²) in [4.78, 5) is 21.3. The number of hydrogen-bond donors (Lipinski definition) is 0. The molecule has 0 heterocycles. The van der Waals surface area contributed by atoms with Crippen molar-refractivity contribution in [1.29, 1.82) is 0 Å². The summed E-state index contributed by atoms with van der Waals surface area (Å²) in [6.07, 6.45) is 0.125. The average molecular weight is 316 g/mol. The predicted octanol–water partition coefficient (Wildman–Crippen LogP) is 4.46. The van der Waals surface area contributed by atoms with Crippen LogP contribution in [0.4, 0.5) is 0 Å². The molecule has 0 amide bonds. The lowest BCUT2D eigenvalue weighted by Crippen LogP contribution is -2.27. The van der Waals surface area contributed by atoms with E-state index >= 15 is 0 Å². The maximum absolute atomic E-state index is 10.6. The highest BCUT2D eigenvalue weighted by Gasteiger charge is 2.20. The fourth-order valence-corrected chi connectivity index (χ4v) is 2.47. The molecule has 0 bridgehead atoms. The van der Waals surface area contributed by atoms with Gasteiger partial charge in [-0.05, 0) is 23.7 Å². The maximum atomic E-state index is 10.6. The van der Waals surface area contributed by atoms with Gasteiger partial charge in [-0.3, -0.25) is 9.59 Å². The quantitative estimate of drug-likeness (QED) is 0.679. The molecule has 0 saturated carbocycles. The summed E-state index contributed by atoms with van der Waals surface area (Å²) in [5, 5.41) is 0. The van der Waals surface area contributed by atoms with Gasteiger partial charge >= 0.3 is 11.9 Å². The molecule has 0 fully saturated rings. The standard InChI is InChI=1S/2C9H18O2/c2*1-6(2)9(7(3)4)11-8(5)10/h2*6-7,9H,1-5H3. The van der Waals surface area contributed by atoms with Crippen molar-refractivity contribution in [3.05, 3.63) is 0 Å². The molecule has 0 aromatic carbocycles. The van der Waals surface area contributed by atoms with Gasteiger partial charge in [-0.15, -0.1) is 0 Å². The first-order valence-electron chi connectivity index (χ1n) is 8.24. The minimum atomic E-state index is -0.183. The Kier molecular flexibility index (Phi) is 12.1. The second kappa shape index (κ2) is 11.5. The summed E-state index contributed by atoms with van der Waals surface area (Å²) in [6.45, 7) is 19.4. The molecule has 0 atom stereocenters. The Morgan fingerprint density at radius 1 is 0.545 bits per heavy atom. The molecular weight excluding hydrogens is 280 g/mol. The van der Waals surface area contributed by atoms with Crippen LogP contribution in [0, 0.1) is 23.7 Å². The second-order valence-corrected chi connectivity index (χ2v) is 7.12. The van der Waals surface area contributed by atoms with Crippen LogP contribution in [0.5, 0.6) is 0 Å². The zero-order chi connectivity index (χ0) is 18.0. The van der Waals surface area contributed by atoms with Crippen LogP contribution in [-0.4, -0.2) is 24.1 Å². The molecule has 0 spiro atoms. The Hall–Kier alpha value is -1.06. The van der Waals surface area contributed by atoms with E-state index in [0.29, 0.717) is 23.7 Å². The van der Waals surface area contributed by atoms with Gasteiger partial charge in [-0.2, -0.15) is 0 Å². The molecule has 0 aromatic rings. The molecule has 132 valence electrons. The molecule has 4 nitrogen and oxygen atoms in total. The van der Waals surface area contributed by atoms with E-state index in [9.17, 15) is 9.59 Å². The van der Waals surface area contributed by atoms with Crippen LogP contribution in [0.15, 0.2) is 0 Å². The van der Waals surface area contributed by atoms with E-state index in [1.807, 2.05) is 0 Å². The van der Waals surface area contributed by atoms with Crippen molar-refractivity contribution in [2.45, 2.75) is 81.4 Å². The van der Waals surface area contributed by atoms with E-state index < -0.39 is 0 Å². The number of hydrogen-bond acceptors (Lipinski definition) is 4. The van der Waals surface area contributed by atoms with Gasteiger partial charge in [-0.1, -0.05) is 55.4 Å². The van der Waals surface area contributed by atoms with Crippen LogP contribution >= 0.6 is 0 Å². The van der Waals surface area contributed by atoms with Crippen molar-refractivity contribution in [1.82, 2.24) is 0 Å². The SMILES string of the molecule is CC(=O)OC(C(C)C)C(C)C.CC(=O)OC(C(C)C)C(C)C.